The number of hydrogen-bond donors (Lipinski definition) is 2. The van der Waals surface area contributed by atoms with Crippen LogP contribution in [0.3, 0.4) is 0 Å². The van der Waals surface area contributed by atoms with Crippen molar-refractivity contribution in [2.45, 2.75) is 32.6 Å². The lowest BCUT2D eigenvalue weighted by molar-refractivity contribution is -0.670. The lowest BCUT2D eigenvalue weighted by atomic mass is 9.69. The Balaban J connectivity index is 0.000000367. The number of methoxy groups -OCH3 is 1. The Morgan fingerprint density at radius 1 is 1.23 bits per heavy atom. The van der Waals surface area contributed by atoms with E-state index in [0.717, 1.165) is 49.7 Å². The Hall–Kier alpha value is -2.31. The van der Waals surface area contributed by atoms with E-state index in [-0.39, 0.29) is 11.2 Å². The summed E-state index contributed by atoms with van der Waals surface area (Å²) in [7, 11) is 1.61. The number of nitrogens with one attached hydrogen (secondary N) is 1. The lowest BCUT2D eigenvalue weighted by Crippen LogP contribution is -2.87. The monoisotopic (exact) mass is 427 g/mol. The van der Waals surface area contributed by atoms with Crippen LogP contribution in [0.4, 0.5) is 0 Å². The van der Waals surface area contributed by atoms with Crippen molar-refractivity contribution in [3.05, 3.63) is 52.1 Å². The van der Waals surface area contributed by atoms with Gasteiger partial charge in [-0.15, -0.1) is 0 Å². The minimum atomic E-state index is -0.395. The van der Waals surface area contributed by atoms with Gasteiger partial charge in [-0.25, -0.2) is 0 Å². The molecule has 1 fully saturated rings. The maximum atomic E-state index is 12.8. The van der Waals surface area contributed by atoms with Crippen molar-refractivity contribution < 1.29 is 19.6 Å². The number of hydrogen-bond acceptors (Lipinski definition) is 4. The number of ketones is 1. The molecular formula is C23H29N3O3S. The van der Waals surface area contributed by atoms with Crippen molar-refractivity contribution in [1.29, 1.82) is 0 Å². The molecule has 6 nitrogen and oxygen atoms in total. The van der Waals surface area contributed by atoms with Crippen LogP contribution >= 0.6 is 12.2 Å². The van der Waals surface area contributed by atoms with Crippen molar-refractivity contribution >= 4 is 28.9 Å². The summed E-state index contributed by atoms with van der Waals surface area (Å²) in [5.41, 5.74) is 2.76. The first-order valence-electron chi connectivity index (χ1n) is 10.2. The van der Waals surface area contributed by atoms with E-state index in [9.17, 15) is 10.2 Å². The Kier molecular flexibility index (Phi) is 7.21. The number of morpholine rings is 1. The second kappa shape index (κ2) is 9.67. The van der Waals surface area contributed by atoms with E-state index < -0.39 is 5.92 Å². The van der Waals surface area contributed by atoms with Gasteiger partial charge in [0.2, 0.25) is 0 Å². The molecule has 2 aliphatic heterocycles. The number of thiocarbonyl (C=S) groups is 1. The van der Waals surface area contributed by atoms with E-state index in [1.807, 2.05) is 24.3 Å². The SMILES string of the molecule is C1COCC[NH2+]1.COc1ccc(C2C(=C=[N-])C(=S)NC3=C2C(=O)CC(C)(C)C3)cc1. The minimum Gasteiger partial charge on any atom is -0.763 e. The van der Waals surface area contributed by atoms with Gasteiger partial charge in [0, 0.05) is 29.2 Å². The molecular weight excluding hydrogens is 398 g/mol. The van der Waals surface area contributed by atoms with Gasteiger partial charge in [0.25, 0.3) is 0 Å². The van der Waals surface area contributed by atoms with E-state index >= 15 is 0 Å². The van der Waals surface area contributed by atoms with Crippen molar-refractivity contribution in [1.82, 2.24) is 5.32 Å². The summed E-state index contributed by atoms with van der Waals surface area (Å²) in [6.45, 7) is 8.34. The van der Waals surface area contributed by atoms with Crippen LogP contribution < -0.4 is 15.4 Å². The van der Waals surface area contributed by atoms with Crippen LogP contribution in [-0.2, 0) is 9.53 Å². The third-order valence-electron chi connectivity index (χ3n) is 5.51. The molecule has 0 aromatic heterocycles. The summed E-state index contributed by atoms with van der Waals surface area (Å²) in [5, 5.41) is 15.0. The quantitative estimate of drug-likeness (QED) is 0.429. The topological polar surface area (TPSA) is 86.5 Å². The van der Waals surface area contributed by atoms with Gasteiger partial charge in [-0.1, -0.05) is 38.2 Å². The van der Waals surface area contributed by atoms with Gasteiger partial charge in [-0.2, -0.15) is 0 Å². The van der Waals surface area contributed by atoms with Gasteiger partial charge in [-0.05, 0) is 29.5 Å². The van der Waals surface area contributed by atoms with Gasteiger partial charge in [0.05, 0.1) is 33.4 Å². The number of benzene rings is 1. The molecule has 1 aliphatic carbocycles. The molecule has 1 aromatic carbocycles. The van der Waals surface area contributed by atoms with Crippen molar-refractivity contribution in [2.75, 3.05) is 33.4 Å². The predicted octanol–water partition coefficient (Wildman–Crippen LogP) is 2.10. The second-order valence-corrected chi connectivity index (χ2v) is 8.91. The van der Waals surface area contributed by atoms with Gasteiger partial charge < -0.3 is 25.5 Å². The molecule has 3 aliphatic rings. The van der Waals surface area contributed by atoms with Crippen LogP contribution in [0.25, 0.3) is 5.41 Å². The second-order valence-electron chi connectivity index (χ2n) is 8.50. The Labute approximate surface area is 183 Å². The fourth-order valence-electron chi connectivity index (χ4n) is 4.09. The molecule has 0 radical (unpaired) electrons. The van der Waals surface area contributed by atoms with Crippen LogP contribution in [0, 0.1) is 5.41 Å². The maximum Gasteiger partial charge on any atom is 0.162 e. The molecule has 1 atom stereocenters. The highest BCUT2D eigenvalue weighted by Crippen LogP contribution is 2.45. The van der Waals surface area contributed by atoms with Crippen molar-refractivity contribution in [2.24, 2.45) is 5.41 Å². The average Bonchev–Trinajstić information content (AvgIpc) is 2.73. The van der Waals surface area contributed by atoms with Gasteiger partial charge in [-0.3, -0.25) is 10.7 Å². The zero-order valence-corrected chi connectivity index (χ0v) is 18.6. The standard InChI is InChI=1S/C19H19N2O2S.C4H9NO/c1-19(2)8-14-17(15(22)9-19)16(13(10-20)18(24)21-14)11-4-6-12(23-3)7-5-11;1-3-6-4-2-5-1/h4-7,16H,8-9H2,1-3H3,(H,21,24);5H,1-4H2/q-1;/p+1. The zero-order valence-electron chi connectivity index (χ0n) is 17.8. The zero-order chi connectivity index (χ0) is 21.7. The summed E-state index contributed by atoms with van der Waals surface area (Å²) in [6, 6.07) is 7.47. The molecule has 0 amide bonds. The largest absolute Gasteiger partial charge is 0.763 e. The summed E-state index contributed by atoms with van der Waals surface area (Å²) < 4.78 is 10.2. The Bertz CT molecular complexity index is 883. The van der Waals surface area contributed by atoms with E-state index in [2.05, 4.69) is 30.4 Å². The maximum absolute atomic E-state index is 12.8. The molecule has 0 spiro atoms. The van der Waals surface area contributed by atoms with Gasteiger partial charge in [0.15, 0.2) is 5.78 Å². The molecule has 4 rings (SSSR count). The van der Waals surface area contributed by atoms with Crippen LogP contribution in [0.1, 0.15) is 38.2 Å². The molecule has 1 saturated heterocycles. The first-order valence-corrected chi connectivity index (χ1v) is 10.6. The van der Waals surface area contributed by atoms with Crippen molar-refractivity contribution in [3.8, 4) is 5.75 Å². The fraction of sp³-hybridized carbons (Fsp3) is 0.478. The average molecular weight is 428 g/mol. The number of Topliss-reactive ketones (excluding diaryl/α,β-unsaturated/α-hetero) is 1. The lowest BCUT2D eigenvalue weighted by Gasteiger charge is -2.39. The van der Waals surface area contributed by atoms with Crippen LogP contribution in [-0.4, -0.2) is 50.1 Å². The number of carbonyl (C=O) groups is 1. The highest BCUT2D eigenvalue weighted by Gasteiger charge is 2.41. The smallest absolute Gasteiger partial charge is 0.162 e. The summed E-state index contributed by atoms with van der Waals surface area (Å²) >= 11 is 5.39. The van der Waals surface area contributed by atoms with E-state index in [1.54, 1.807) is 7.11 Å². The van der Waals surface area contributed by atoms with E-state index in [1.165, 1.54) is 0 Å². The third-order valence-corrected chi connectivity index (χ3v) is 5.83. The number of nitrogens with zero attached hydrogens (tertiary/aromatic N) is 1. The van der Waals surface area contributed by atoms with Crippen molar-refractivity contribution in [3.63, 3.8) is 0 Å². The molecule has 1 aromatic rings. The van der Waals surface area contributed by atoms with Gasteiger partial charge >= 0.3 is 0 Å². The first kappa shape index (κ1) is 22.4. The molecule has 0 saturated carbocycles. The summed E-state index contributed by atoms with van der Waals surface area (Å²) in [5.74, 6) is 2.63. The fourth-order valence-corrected chi connectivity index (χ4v) is 4.37. The molecule has 2 heterocycles. The number of ether oxygens (including phenoxy) is 2. The Morgan fingerprint density at radius 3 is 2.40 bits per heavy atom. The number of allylic oxidation sites excluding steroid dienone is 2. The molecule has 3 N–H and O–H groups in total. The number of nitrogens with two attached hydrogens (primary N) is 1. The Morgan fingerprint density at radius 2 is 1.90 bits per heavy atom. The molecule has 160 valence electrons. The predicted molar refractivity (Wildman–Crippen MR) is 121 cm³/mol. The third kappa shape index (κ3) is 5.05. The van der Waals surface area contributed by atoms with E-state index in [0.29, 0.717) is 22.6 Å². The number of rotatable bonds is 2. The summed E-state index contributed by atoms with van der Waals surface area (Å²) in [4.78, 5) is 13.2. The molecule has 30 heavy (non-hydrogen) atoms. The highest BCUT2D eigenvalue weighted by molar-refractivity contribution is 7.80. The van der Waals surface area contributed by atoms with E-state index in [4.69, 9.17) is 21.7 Å². The van der Waals surface area contributed by atoms with Gasteiger partial charge in [0.1, 0.15) is 10.7 Å². The molecule has 0 bridgehead atoms. The van der Waals surface area contributed by atoms with Crippen LogP contribution in [0.15, 0.2) is 41.1 Å². The number of carbonyl (C=O) groups excluding carboxylic acids is 1. The number of quaternary nitrogens is 1. The normalized spacial score (nSPS) is 22.9. The molecule has 1 unspecified atom stereocenters. The van der Waals surface area contributed by atoms with Crippen LogP contribution in [0.2, 0.25) is 0 Å². The highest BCUT2D eigenvalue weighted by atomic mass is 32.1. The first-order chi connectivity index (χ1) is 14.4. The summed E-state index contributed by atoms with van der Waals surface area (Å²) in [6.07, 6.45) is 1.23. The molecule has 7 heteroatoms. The van der Waals surface area contributed by atoms with Crippen LogP contribution in [0.5, 0.6) is 5.75 Å². The minimum absolute atomic E-state index is 0.0878.